The summed E-state index contributed by atoms with van der Waals surface area (Å²) in [5.74, 6) is -0.461. The monoisotopic (exact) mass is 382 g/mol. The summed E-state index contributed by atoms with van der Waals surface area (Å²) in [5.41, 5.74) is 1.39. The highest BCUT2D eigenvalue weighted by molar-refractivity contribution is 5.90. The highest BCUT2D eigenvalue weighted by atomic mass is 19.4. The standard InChI is InChI=1S/C20H21F3O4/c1-19(2,3)27-18(25)15-6-4-14(5-7-15)16-8-13(11-24)9-17(10-16)26-12-20(21,22)23/h4-10,24H,11-12H2,1-3H3. The molecule has 0 aliphatic rings. The molecule has 2 rings (SSSR count). The van der Waals surface area contributed by atoms with Crippen LogP contribution in [0.3, 0.4) is 0 Å². The lowest BCUT2D eigenvalue weighted by Gasteiger charge is -2.19. The van der Waals surface area contributed by atoms with E-state index in [1.54, 1.807) is 51.1 Å². The fourth-order valence-corrected chi connectivity index (χ4v) is 2.30. The van der Waals surface area contributed by atoms with Crippen LogP contribution in [-0.2, 0) is 11.3 Å². The van der Waals surface area contributed by atoms with Gasteiger partial charge in [0.05, 0.1) is 12.2 Å². The molecule has 4 nitrogen and oxygen atoms in total. The molecule has 1 N–H and O–H groups in total. The topological polar surface area (TPSA) is 55.8 Å². The number of hydrogen-bond acceptors (Lipinski definition) is 4. The van der Waals surface area contributed by atoms with E-state index in [2.05, 4.69) is 0 Å². The van der Waals surface area contributed by atoms with E-state index >= 15 is 0 Å². The maximum atomic E-state index is 12.4. The third kappa shape index (κ3) is 6.60. The van der Waals surface area contributed by atoms with Gasteiger partial charge in [-0.2, -0.15) is 13.2 Å². The van der Waals surface area contributed by atoms with Crippen LogP contribution in [-0.4, -0.2) is 29.5 Å². The van der Waals surface area contributed by atoms with Crippen molar-refractivity contribution in [3.8, 4) is 16.9 Å². The summed E-state index contributed by atoms with van der Waals surface area (Å²) in [7, 11) is 0. The molecular formula is C20H21F3O4. The van der Waals surface area contributed by atoms with Gasteiger partial charge in [0.2, 0.25) is 0 Å². The molecule has 0 saturated carbocycles. The molecule has 2 aromatic rings. The first-order valence-corrected chi connectivity index (χ1v) is 8.25. The van der Waals surface area contributed by atoms with Gasteiger partial charge in [-0.1, -0.05) is 12.1 Å². The minimum Gasteiger partial charge on any atom is -0.484 e. The zero-order valence-electron chi connectivity index (χ0n) is 15.3. The Hall–Kier alpha value is -2.54. The van der Waals surface area contributed by atoms with Crippen molar-refractivity contribution in [1.29, 1.82) is 0 Å². The van der Waals surface area contributed by atoms with Crippen molar-refractivity contribution in [2.75, 3.05) is 6.61 Å². The van der Waals surface area contributed by atoms with Crippen molar-refractivity contribution in [2.45, 2.75) is 39.2 Å². The second-order valence-corrected chi connectivity index (χ2v) is 7.01. The SMILES string of the molecule is CC(C)(C)OC(=O)c1ccc(-c2cc(CO)cc(OCC(F)(F)F)c2)cc1. The van der Waals surface area contributed by atoms with E-state index in [0.717, 1.165) is 0 Å². The fraction of sp³-hybridized carbons (Fsp3) is 0.350. The normalized spacial score (nSPS) is 12.0. The highest BCUT2D eigenvalue weighted by Gasteiger charge is 2.28. The van der Waals surface area contributed by atoms with E-state index in [1.807, 2.05) is 0 Å². The van der Waals surface area contributed by atoms with Crippen molar-refractivity contribution < 1.29 is 32.5 Å². The van der Waals surface area contributed by atoms with Gasteiger partial charge in [-0.05, 0) is 67.8 Å². The number of ether oxygens (including phenoxy) is 2. The van der Waals surface area contributed by atoms with Gasteiger partial charge in [-0.25, -0.2) is 4.79 Å². The Labute approximate surface area is 155 Å². The minimum absolute atomic E-state index is 0.00472. The molecule has 0 fully saturated rings. The lowest BCUT2D eigenvalue weighted by Crippen LogP contribution is -2.23. The average Bonchev–Trinajstić information content (AvgIpc) is 2.57. The fourth-order valence-electron chi connectivity index (χ4n) is 2.30. The Morgan fingerprint density at radius 3 is 2.15 bits per heavy atom. The molecule has 0 bridgehead atoms. The van der Waals surface area contributed by atoms with Gasteiger partial charge in [-0.15, -0.1) is 0 Å². The number of carbonyl (C=O) groups excluding carboxylic acids is 1. The summed E-state index contributed by atoms with van der Waals surface area (Å²) in [4.78, 5) is 12.1. The van der Waals surface area contributed by atoms with Gasteiger partial charge in [-0.3, -0.25) is 0 Å². The highest BCUT2D eigenvalue weighted by Crippen LogP contribution is 2.28. The number of esters is 1. The van der Waals surface area contributed by atoms with Crippen LogP contribution in [0.25, 0.3) is 11.1 Å². The van der Waals surface area contributed by atoms with Crippen LogP contribution in [0.4, 0.5) is 13.2 Å². The zero-order chi connectivity index (χ0) is 20.2. The molecule has 7 heteroatoms. The van der Waals surface area contributed by atoms with Crippen molar-refractivity contribution in [1.82, 2.24) is 0 Å². The van der Waals surface area contributed by atoms with E-state index in [1.165, 1.54) is 12.1 Å². The predicted molar refractivity (Wildman–Crippen MR) is 94.5 cm³/mol. The molecule has 0 radical (unpaired) electrons. The smallest absolute Gasteiger partial charge is 0.422 e. The van der Waals surface area contributed by atoms with E-state index < -0.39 is 24.4 Å². The van der Waals surface area contributed by atoms with Crippen LogP contribution in [0.2, 0.25) is 0 Å². The van der Waals surface area contributed by atoms with E-state index in [0.29, 0.717) is 22.3 Å². The molecule has 0 atom stereocenters. The van der Waals surface area contributed by atoms with Gasteiger partial charge in [0.1, 0.15) is 11.4 Å². The minimum atomic E-state index is -4.45. The van der Waals surface area contributed by atoms with Gasteiger partial charge in [0.15, 0.2) is 6.61 Å². The quantitative estimate of drug-likeness (QED) is 0.759. The summed E-state index contributed by atoms with van der Waals surface area (Å²) < 4.78 is 47.2. The maximum absolute atomic E-state index is 12.4. The first-order valence-electron chi connectivity index (χ1n) is 8.25. The number of alkyl halides is 3. The third-order valence-electron chi connectivity index (χ3n) is 3.40. The molecule has 0 saturated heterocycles. The van der Waals surface area contributed by atoms with Gasteiger partial charge in [0.25, 0.3) is 0 Å². The molecule has 27 heavy (non-hydrogen) atoms. The summed E-state index contributed by atoms with van der Waals surface area (Å²) in [6.45, 7) is 3.54. The summed E-state index contributed by atoms with van der Waals surface area (Å²) >= 11 is 0. The summed E-state index contributed by atoms with van der Waals surface area (Å²) in [6, 6.07) is 10.9. The second kappa shape index (κ2) is 8.00. The lowest BCUT2D eigenvalue weighted by molar-refractivity contribution is -0.153. The molecule has 0 spiro atoms. The summed E-state index contributed by atoms with van der Waals surface area (Å²) in [6.07, 6.45) is -4.45. The number of rotatable bonds is 5. The number of halogens is 3. The lowest BCUT2D eigenvalue weighted by atomic mass is 10.0. The molecule has 0 aliphatic heterocycles. The molecule has 0 aliphatic carbocycles. The number of aliphatic hydroxyl groups excluding tert-OH is 1. The van der Waals surface area contributed by atoms with Crippen LogP contribution in [0.15, 0.2) is 42.5 Å². The Balaban J connectivity index is 2.25. The molecule has 0 aromatic heterocycles. The Bertz CT molecular complexity index is 790. The van der Waals surface area contributed by atoms with E-state index in [9.17, 15) is 23.1 Å². The Morgan fingerprint density at radius 1 is 1.00 bits per heavy atom. The Kier molecular flexibility index (Phi) is 6.15. The number of hydrogen-bond donors (Lipinski definition) is 1. The molecule has 0 amide bonds. The molecule has 0 unspecified atom stereocenters. The molecular weight excluding hydrogens is 361 g/mol. The third-order valence-corrected chi connectivity index (χ3v) is 3.40. The van der Waals surface area contributed by atoms with Crippen LogP contribution in [0.1, 0.15) is 36.7 Å². The van der Waals surface area contributed by atoms with E-state index in [-0.39, 0.29) is 12.4 Å². The van der Waals surface area contributed by atoms with Crippen LogP contribution < -0.4 is 4.74 Å². The van der Waals surface area contributed by atoms with Gasteiger partial charge < -0.3 is 14.6 Å². The van der Waals surface area contributed by atoms with Gasteiger partial charge in [0, 0.05) is 0 Å². The average molecular weight is 382 g/mol. The van der Waals surface area contributed by atoms with E-state index in [4.69, 9.17) is 9.47 Å². The number of benzene rings is 2. The van der Waals surface area contributed by atoms with Crippen LogP contribution in [0.5, 0.6) is 5.75 Å². The van der Waals surface area contributed by atoms with Crippen LogP contribution >= 0.6 is 0 Å². The second-order valence-electron chi connectivity index (χ2n) is 7.01. The molecule has 0 heterocycles. The Morgan fingerprint density at radius 2 is 1.63 bits per heavy atom. The van der Waals surface area contributed by atoms with Crippen molar-refractivity contribution >= 4 is 5.97 Å². The molecule has 146 valence electrons. The zero-order valence-corrected chi connectivity index (χ0v) is 15.3. The first-order chi connectivity index (χ1) is 12.5. The summed E-state index contributed by atoms with van der Waals surface area (Å²) in [5, 5.41) is 9.35. The largest absolute Gasteiger partial charge is 0.484 e. The van der Waals surface area contributed by atoms with Crippen molar-refractivity contribution in [3.05, 3.63) is 53.6 Å². The van der Waals surface area contributed by atoms with Crippen molar-refractivity contribution in [2.24, 2.45) is 0 Å². The molecule has 2 aromatic carbocycles. The van der Waals surface area contributed by atoms with Crippen LogP contribution in [0, 0.1) is 0 Å². The maximum Gasteiger partial charge on any atom is 0.422 e. The number of carbonyl (C=O) groups is 1. The first kappa shape index (κ1) is 20.8. The van der Waals surface area contributed by atoms with Crippen molar-refractivity contribution in [3.63, 3.8) is 0 Å². The predicted octanol–water partition coefficient (Wildman–Crippen LogP) is 4.74. The number of aliphatic hydroxyl groups is 1. The van der Waals surface area contributed by atoms with Gasteiger partial charge >= 0.3 is 12.1 Å².